The number of benzene rings is 1. The second kappa shape index (κ2) is 5.14. The lowest BCUT2D eigenvalue weighted by Crippen LogP contribution is -2.31. The van der Waals surface area contributed by atoms with E-state index >= 15 is 0 Å². The van der Waals surface area contributed by atoms with Crippen LogP contribution in [0.25, 0.3) is 0 Å². The first-order chi connectivity index (χ1) is 7.10. The second-order valence-corrected chi connectivity index (χ2v) is 3.85. The van der Waals surface area contributed by atoms with Gasteiger partial charge in [0.15, 0.2) is 0 Å². The van der Waals surface area contributed by atoms with E-state index in [1.165, 1.54) is 0 Å². The van der Waals surface area contributed by atoms with Crippen LogP contribution < -0.4 is 10.5 Å². The molecule has 0 aliphatic carbocycles. The highest BCUT2D eigenvalue weighted by atomic mass is 16.5. The predicted octanol–water partition coefficient (Wildman–Crippen LogP) is 1.64. The van der Waals surface area contributed by atoms with Crippen molar-refractivity contribution in [1.29, 1.82) is 0 Å². The molecule has 3 N–H and O–H groups in total. The van der Waals surface area contributed by atoms with E-state index in [-0.39, 0.29) is 6.54 Å². The van der Waals surface area contributed by atoms with Gasteiger partial charge in [-0.15, -0.1) is 0 Å². The van der Waals surface area contributed by atoms with Gasteiger partial charge >= 0.3 is 0 Å². The molecule has 0 unspecified atom stereocenters. The van der Waals surface area contributed by atoms with Crippen molar-refractivity contribution in [3.05, 3.63) is 29.8 Å². The molecule has 3 heteroatoms. The van der Waals surface area contributed by atoms with Crippen molar-refractivity contribution in [3.63, 3.8) is 0 Å². The molecule has 0 aliphatic heterocycles. The van der Waals surface area contributed by atoms with Crippen LogP contribution in [0, 0.1) is 0 Å². The Morgan fingerprint density at radius 2 is 1.93 bits per heavy atom. The minimum absolute atomic E-state index is 0.210. The van der Waals surface area contributed by atoms with E-state index in [0.717, 1.165) is 17.7 Å². The summed E-state index contributed by atoms with van der Waals surface area (Å²) in [6, 6.07) is 7.40. The fourth-order valence-electron chi connectivity index (χ4n) is 1.25. The molecule has 0 aromatic heterocycles. The number of hydrogen-bond acceptors (Lipinski definition) is 3. The quantitative estimate of drug-likeness (QED) is 0.775. The van der Waals surface area contributed by atoms with Gasteiger partial charge in [0.1, 0.15) is 5.75 Å². The highest BCUT2D eigenvalue weighted by molar-refractivity contribution is 5.30. The third-order valence-corrected chi connectivity index (χ3v) is 2.35. The molecule has 0 radical (unpaired) electrons. The summed E-state index contributed by atoms with van der Waals surface area (Å²) in [5.74, 6) is 0.827. The SMILES string of the molecule is CCCOc1ccc([C@@](C)(O)CN)cc1. The van der Waals surface area contributed by atoms with E-state index in [0.29, 0.717) is 6.61 Å². The molecule has 1 aromatic rings. The summed E-state index contributed by atoms with van der Waals surface area (Å²) < 4.78 is 5.44. The van der Waals surface area contributed by atoms with Crippen LogP contribution >= 0.6 is 0 Å². The minimum atomic E-state index is -0.955. The summed E-state index contributed by atoms with van der Waals surface area (Å²) >= 11 is 0. The van der Waals surface area contributed by atoms with Gasteiger partial charge in [-0.25, -0.2) is 0 Å². The van der Waals surface area contributed by atoms with Crippen LogP contribution in [0.15, 0.2) is 24.3 Å². The third kappa shape index (κ3) is 3.22. The lowest BCUT2D eigenvalue weighted by atomic mass is 9.96. The Kier molecular flexibility index (Phi) is 4.12. The minimum Gasteiger partial charge on any atom is -0.494 e. The maximum Gasteiger partial charge on any atom is 0.119 e. The molecule has 0 amide bonds. The number of rotatable bonds is 5. The smallest absolute Gasteiger partial charge is 0.119 e. The van der Waals surface area contributed by atoms with Crippen LogP contribution in [0.3, 0.4) is 0 Å². The van der Waals surface area contributed by atoms with Crippen molar-refractivity contribution in [2.45, 2.75) is 25.9 Å². The maximum absolute atomic E-state index is 9.90. The van der Waals surface area contributed by atoms with E-state index in [9.17, 15) is 5.11 Å². The number of ether oxygens (including phenoxy) is 1. The fourth-order valence-corrected chi connectivity index (χ4v) is 1.25. The number of hydrogen-bond donors (Lipinski definition) is 2. The highest BCUT2D eigenvalue weighted by Gasteiger charge is 2.20. The largest absolute Gasteiger partial charge is 0.494 e. The summed E-state index contributed by atoms with van der Waals surface area (Å²) in [6.07, 6.45) is 0.988. The maximum atomic E-state index is 9.90. The molecule has 1 rings (SSSR count). The van der Waals surface area contributed by atoms with Crippen LogP contribution in [-0.4, -0.2) is 18.3 Å². The summed E-state index contributed by atoms with van der Waals surface area (Å²) in [5, 5.41) is 9.90. The van der Waals surface area contributed by atoms with Crippen LogP contribution in [0.2, 0.25) is 0 Å². The molecule has 0 bridgehead atoms. The molecule has 0 aliphatic rings. The summed E-state index contributed by atoms with van der Waals surface area (Å²) in [4.78, 5) is 0. The van der Waals surface area contributed by atoms with Gasteiger partial charge in [-0.3, -0.25) is 0 Å². The summed E-state index contributed by atoms with van der Waals surface area (Å²) in [6.45, 7) is 4.69. The average molecular weight is 209 g/mol. The summed E-state index contributed by atoms with van der Waals surface area (Å²) in [5.41, 5.74) is 5.33. The highest BCUT2D eigenvalue weighted by Crippen LogP contribution is 2.21. The van der Waals surface area contributed by atoms with E-state index in [1.807, 2.05) is 24.3 Å². The van der Waals surface area contributed by atoms with Gasteiger partial charge in [-0.1, -0.05) is 19.1 Å². The van der Waals surface area contributed by atoms with E-state index in [2.05, 4.69) is 6.92 Å². The van der Waals surface area contributed by atoms with Gasteiger partial charge in [-0.05, 0) is 31.0 Å². The molecule has 1 atom stereocenters. The Hall–Kier alpha value is -1.06. The number of nitrogens with two attached hydrogens (primary N) is 1. The predicted molar refractivity (Wildman–Crippen MR) is 60.9 cm³/mol. The molecule has 0 fully saturated rings. The van der Waals surface area contributed by atoms with Gasteiger partial charge in [0.2, 0.25) is 0 Å². The Morgan fingerprint density at radius 3 is 2.40 bits per heavy atom. The standard InChI is InChI=1S/C12H19NO2/c1-3-8-15-11-6-4-10(5-7-11)12(2,14)9-13/h4-7,14H,3,8-9,13H2,1-2H3/t12-/m0/s1. The van der Waals surface area contributed by atoms with E-state index in [1.54, 1.807) is 6.92 Å². The van der Waals surface area contributed by atoms with Gasteiger partial charge < -0.3 is 15.6 Å². The first-order valence-electron chi connectivity index (χ1n) is 5.26. The zero-order valence-electron chi connectivity index (χ0n) is 9.36. The molecular formula is C12H19NO2. The van der Waals surface area contributed by atoms with Gasteiger partial charge in [0, 0.05) is 6.54 Å². The monoisotopic (exact) mass is 209 g/mol. The van der Waals surface area contributed by atoms with Crippen molar-refractivity contribution >= 4 is 0 Å². The lowest BCUT2D eigenvalue weighted by molar-refractivity contribution is 0.0668. The van der Waals surface area contributed by atoms with Gasteiger partial charge in [0.05, 0.1) is 12.2 Å². The molecule has 84 valence electrons. The van der Waals surface area contributed by atoms with Gasteiger partial charge in [-0.2, -0.15) is 0 Å². The van der Waals surface area contributed by atoms with E-state index < -0.39 is 5.60 Å². The molecule has 15 heavy (non-hydrogen) atoms. The molecule has 0 heterocycles. The van der Waals surface area contributed by atoms with Crippen molar-refractivity contribution in [1.82, 2.24) is 0 Å². The molecule has 0 saturated heterocycles. The second-order valence-electron chi connectivity index (χ2n) is 3.85. The average Bonchev–Trinajstić information content (AvgIpc) is 2.27. The summed E-state index contributed by atoms with van der Waals surface area (Å²) in [7, 11) is 0. The van der Waals surface area contributed by atoms with Crippen LogP contribution in [0.5, 0.6) is 5.75 Å². The molecular weight excluding hydrogens is 190 g/mol. The van der Waals surface area contributed by atoms with Crippen LogP contribution in [0.1, 0.15) is 25.8 Å². The molecule has 0 spiro atoms. The van der Waals surface area contributed by atoms with Crippen molar-refractivity contribution in [2.75, 3.05) is 13.2 Å². The first kappa shape index (κ1) is 12.0. The van der Waals surface area contributed by atoms with Crippen molar-refractivity contribution < 1.29 is 9.84 Å². The number of aliphatic hydroxyl groups is 1. The van der Waals surface area contributed by atoms with Crippen LogP contribution in [-0.2, 0) is 5.60 Å². The topological polar surface area (TPSA) is 55.5 Å². The fraction of sp³-hybridized carbons (Fsp3) is 0.500. The van der Waals surface area contributed by atoms with Crippen LogP contribution in [0.4, 0.5) is 0 Å². The molecule has 3 nitrogen and oxygen atoms in total. The zero-order chi connectivity index (χ0) is 11.3. The normalized spacial score (nSPS) is 14.7. The van der Waals surface area contributed by atoms with E-state index in [4.69, 9.17) is 10.5 Å². The lowest BCUT2D eigenvalue weighted by Gasteiger charge is -2.21. The Balaban J connectivity index is 2.72. The zero-order valence-corrected chi connectivity index (χ0v) is 9.36. The molecule has 1 aromatic carbocycles. The Labute approximate surface area is 90.9 Å². The van der Waals surface area contributed by atoms with Crippen molar-refractivity contribution in [3.8, 4) is 5.75 Å². The Bertz CT molecular complexity index is 293. The first-order valence-corrected chi connectivity index (χ1v) is 5.26. The van der Waals surface area contributed by atoms with Gasteiger partial charge in [0.25, 0.3) is 0 Å². The molecule has 0 saturated carbocycles. The third-order valence-electron chi connectivity index (χ3n) is 2.35. The van der Waals surface area contributed by atoms with Crippen molar-refractivity contribution in [2.24, 2.45) is 5.73 Å². The Morgan fingerprint density at radius 1 is 1.33 bits per heavy atom.